The smallest absolute Gasteiger partial charge is 0.414 e. The summed E-state index contributed by atoms with van der Waals surface area (Å²) in [5.41, 5.74) is 0.611. The number of aliphatic carboxylic acids is 1. The number of carboxylic acid groups (broad SMARTS) is 1. The van der Waals surface area contributed by atoms with Gasteiger partial charge >= 0.3 is 18.1 Å². The number of hydroxylamine groups is 2. The number of anilines is 2. The highest BCUT2D eigenvalue weighted by atomic mass is 32.2. The van der Waals surface area contributed by atoms with E-state index in [1.807, 2.05) is 0 Å². The Morgan fingerprint density at radius 2 is 2.08 bits per heavy atom. The van der Waals surface area contributed by atoms with E-state index in [0.717, 1.165) is 16.8 Å². The van der Waals surface area contributed by atoms with E-state index in [1.165, 1.54) is 17.9 Å². The predicted octanol–water partition coefficient (Wildman–Crippen LogP) is 0.606. The number of hydrogen-bond acceptors (Lipinski definition) is 9. The lowest BCUT2D eigenvalue weighted by molar-refractivity contribution is -0.137. The largest absolute Gasteiger partial charge is 0.480 e. The number of rotatable bonds is 5. The zero-order valence-electron chi connectivity index (χ0n) is 19.3. The number of amidine groups is 1. The molecule has 3 aliphatic rings. The number of nitrogens with one attached hydrogen (secondary N) is 2. The first-order valence-electron chi connectivity index (χ1n) is 11.1. The van der Waals surface area contributed by atoms with Crippen LogP contribution in [0, 0.1) is 5.82 Å². The summed E-state index contributed by atoms with van der Waals surface area (Å²) in [6.07, 6.45) is -1.16. The highest BCUT2D eigenvalue weighted by molar-refractivity contribution is 8.14. The number of amides is 4. The van der Waals surface area contributed by atoms with Crippen LogP contribution in [-0.4, -0.2) is 96.6 Å². The minimum atomic E-state index is -1.06. The second-order valence-electron chi connectivity index (χ2n) is 8.14. The molecule has 0 saturated carbocycles. The standard InChI is InChI=1S/C21H25FN6O7S/c1-12(29)23-9-14-10-27(21(33)35-14)13-2-3-17(15(22)8-13)26-4-5-28(34-7-6-26)20(32)25-19-24-16(11-36-19)18(30)31/h2-3,8,14,16H,4-7,9-11H2,1H3,(H,23,29)(H,30,31)(H,24,25,32)/t14-,16?/m0/s1. The van der Waals surface area contributed by atoms with Crippen molar-refractivity contribution >= 4 is 52.3 Å². The summed E-state index contributed by atoms with van der Waals surface area (Å²) in [5, 5.41) is 15.4. The van der Waals surface area contributed by atoms with E-state index in [4.69, 9.17) is 14.7 Å². The minimum Gasteiger partial charge on any atom is -0.480 e. The minimum absolute atomic E-state index is 0.106. The molecule has 2 atom stereocenters. The number of carboxylic acids is 1. The van der Waals surface area contributed by atoms with Crippen molar-refractivity contribution < 1.29 is 38.2 Å². The molecule has 194 valence electrons. The molecule has 2 saturated heterocycles. The van der Waals surface area contributed by atoms with Crippen LogP contribution in [0.2, 0.25) is 0 Å². The number of thioether (sulfide) groups is 1. The molecule has 1 aromatic rings. The lowest BCUT2D eigenvalue weighted by atomic mass is 10.2. The molecule has 36 heavy (non-hydrogen) atoms. The topological polar surface area (TPSA) is 153 Å². The summed E-state index contributed by atoms with van der Waals surface area (Å²) in [6, 6.07) is 2.89. The van der Waals surface area contributed by atoms with Gasteiger partial charge in [-0.3, -0.25) is 19.8 Å². The summed E-state index contributed by atoms with van der Waals surface area (Å²) in [7, 11) is 0. The Morgan fingerprint density at radius 1 is 1.28 bits per heavy atom. The van der Waals surface area contributed by atoms with E-state index in [1.54, 1.807) is 17.0 Å². The lowest BCUT2D eigenvalue weighted by Gasteiger charge is -2.24. The molecule has 0 radical (unpaired) electrons. The third-order valence-electron chi connectivity index (χ3n) is 5.59. The quantitative estimate of drug-likeness (QED) is 0.503. The van der Waals surface area contributed by atoms with Crippen molar-refractivity contribution in [2.24, 2.45) is 4.99 Å². The first-order chi connectivity index (χ1) is 17.2. The maximum Gasteiger partial charge on any atom is 0.414 e. The van der Waals surface area contributed by atoms with Crippen molar-refractivity contribution in [2.45, 2.75) is 19.1 Å². The fourth-order valence-electron chi connectivity index (χ4n) is 3.79. The highest BCUT2D eigenvalue weighted by Crippen LogP contribution is 2.28. The van der Waals surface area contributed by atoms with Crippen LogP contribution in [-0.2, 0) is 19.2 Å². The monoisotopic (exact) mass is 524 g/mol. The number of halogens is 1. The summed E-state index contributed by atoms with van der Waals surface area (Å²) in [6.45, 7) is 2.51. The van der Waals surface area contributed by atoms with Crippen LogP contribution < -0.4 is 20.4 Å². The van der Waals surface area contributed by atoms with E-state index in [9.17, 15) is 19.2 Å². The van der Waals surface area contributed by atoms with Crippen LogP contribution >= 0.6 is 11.8 Å². The molecule has 13 nitrogen and oxygen atoms in total. The third kappa shape index (κ3) is 5.96. The second kappa shape index (κ2) is 11.0. The predicted molar refractivity (Wildman–Crippen MR) is 127 cm³/mol. The highest BCUT2D eigenvalue weighted by Gasteiger charge is 2.33. The molecule has 3 aliphatic heterocycles. The van der Waals surface area contributed by atoms with Crippen molar-refractivity contribution in [3.63, 3.8) is 0 Å². The zero-order chi connectivity index (χ0) is 25.8. The molecule has 0 bridgehead atoms. The fourth-order valence-corrected chi connectivity index (χ4v) is 4.68. The van der Waals surface area contributed by atoms with Crippen LogP contribution in [0.3, 0.4) is 0 Å². The van der Waals surface area contributed by atoms with Gasteiger partial charge in [0.2, 0.25) is 5.91 Å². The van der Waals surface area contributed by atoms with Gasteiger partial charge in [-0.05, 0) is 18.2 Å². The van der Waals surface area contributed by atoms with Crippen molar-refractivity contribution in [1.82, 2.24) is 15.7 Å². The Bertz CT molecular complexity index is 1090. The molecule has 0 aliphatic carbocycles. The molecule has 1 unspecified atom stereocenters. The third-order valence-corrected chi connectivity index (χ3v) is 6.56. The van der Waals surface area contributed by atoms with Crippen LogP contribution in [0.1, 0.15) is 6.92 Å². The second-order valence-corrected chi connectivity index (χ2v) is 9.15. The summed E-state index contributed by atoms with van der Waals surface area (Å²) < 4.78 is 20.3. The molecule has 4 rings (SSSR count). The summed E-state index contributed by atoms with van der Waals surface area (Å²) >= 11 is 1.13. The van der Waals surface area contributed by atoms with Gasteiger partial charge in [-0.1, -0.05) is 11.8 Å². The number of benzene rings is 1. The van der Waals surface area contributed by atoms with Gasteiger partial charge in [0.15, 0.2) is 11.2 Å². The van der Waals surface area contributed by atoms with E-state index in [2.05, 4.69) is 15.6 Å². The molecule has 0 aromatic heterocycles. The van der Waals surface area contributed by atoms with Gasteiger partial charge in [-0.25, -0.2) is 28.8 Å². The van der Waals surface area contributed by atoms with Gasteiger partial charge in [0.25, 0.3) is 0 Å². The zero-order valence-corrected chi connectivity index (χ0v) is 20.1. The summed E-state index contributed by atoms with van der Waals surface area (Å²) in [5.74, 6) is -1.62. The lowest BCUT2D eigenvalue weighted by Crippen LogP contribution is -2.43. The molecule has 15 heteroatoms. The normalized spacial score (nSPS) is 22.1. The number of carbonyl (C=O) groups excluding carboxylic acids is 3. The Balaban J connectivity index is 1.34. The molecular weight excluding hydrogens is 499 g/mol. The Hall–Kier alpha value is -3.59. The van der Waals surface area contributed by atoms with Crippen LogP contribution in [0.4, 0.5) is 25.4 Å². The number of cyclic esters (lactones) is 1. The van der Waals surface area contributed by atoms with Gasteiger partial charge in [0.1, 0.15) is 11.9 Å². The Labute approximate surface area is 209 Å². The number of ether oxygens (including phenoxy) is 1. The number of hydrogen-bond donors (Lipinski definition) is 3. The fraction of sp³-hybridized carbons (Fsp3) is 0.476. The van der Waals surface area contributed by atoms with Crippen LogP contribution in [0.5, 0.6) is 0 Å². The van der Waals surface area contributed by atoms with E-state index in [-0.39, 0.29) is 55.3 Å². The molecule has 0 spiro atoms. The van der Waals surface area contributed by atoms with E-state index in [0.29, 0.717) is 12.2 Å². The van der Waals surface area contributed by atoms with Gasteiger partial charge in [0.05, 0.1) is 37.6 Å². The van der Waals surface area contributed by atoms with Crippen LogP contribution in [0.25, 0.3) is 0 Å². The molecule has 2 fully saturated rings. The van der Waals surface area contributed by atoms with Gasteiger partial charge < -0.3 is 20.1 Å². The summed E-state index contributed by atoms with van der Waals surface area (Å²) in [4.78, 5) is 59.3. The van der Waals surface area contributed by atoms with Crippen molar-refractivity contribution in [1.29, 1.82) is 0 Å². The van der Waals surface area contributed by atoms with Gasteiger partial charge in [-0.15, -0.1) is 0 Å². The maximum absolute atomic E-state index is 15.0. The van der Waals surface area contributed by atoms with Crippen molar-refractivity contribution in [3.8, 4) is 0 Å². The van der Waals surface area contributed by atoms with Gasteiger partial charge in [0, 0.05) is 25.8 Å². The van der Waals surface area contributed by atoms with Crippen molar-refractivity contribution in [2.75, 3.05) is 54.9 Å². The molecular formula is C21H25FN6O7S. The Kier molecular flexibility index (Phi) is 7.79. The molecule has 3 N–H and O–H groups in total. The average molecular weight is 525 g/mol. The van der Waals surface area contributed by atoms with Crippen LogP contribution in [0.15, 0.2) is 23.2 Å². The van der Waals surface area contributed by atoms with E-state index < -0.39 is 36.1 Å². The average Bonchev–Trinajstić information content (AvgIpc) is 3.36. The number of carbonyl (C=O) groups is 4. The Morgan fingerprint density at radius 3 is 2.78 bits per heavy atom. The van der Waals surface area contributed by atoms with Gasteiger partial charge in [-0.2, -0.15) is 0 Å². The molecule has 3 heterocycles. The van der Waals surface area contributed by atoms with Crippen molar-refractivity contribution in [3.05, 3.63) is 24.0 Å². The number of aliphatic imine (C=N–C) groups is 1. The van der Waals surface area contributed by atoms with E-state index >= 15 is 4.39 Å². The molecule has 4 amide bonds. The maximum atomic E-state index is 15.0. The first kappa shape index (κ1) is 25.5. The number of nitrogens with zero attached hydrogens (tertiary/aromatic N) is 4. The first-order valence-corrected chi connectivity index (χ1v) is 12.1. The SMILES string of the molecule is CC(=O)NC[C@H]1CN(c2ccc(N3CCON(C(=O)NC4=NC(C(=O)O)CS4)CC3)c(F)c2)C(=O)O1. The number of urea groups is 1. The molecule has 1 aromatic carbocycles.